The average molecular weight is 401 g/mol. The molecule has 2 aromatic carbocycles. The molecule has 0 aliphatic carbocycles. The van der Waals surface area contributed by atoms with Gasteiger partial charge in [0.25, 0.3) is 0 Å². The highest BCUT2D eigenvalue weighted by molar-refractivity contribution is 6.33. The number of halogens is 1. The maximum Gasteiger partial charge on any atom is 0.323 e. The van der Waals surface area contributed by atoms with Gasteiger partial charge in [0.05, 0.1) is 10.7 Å². The van der Waals surface area contributed by atoms with Gasteiger partial charge in [0.15, 0.2) is 0 Å². The van der Waals surface area contributed by atoms with Gasteiger partial charge in [0.2, 0.25) is 5.91 Å². The summed E-state index contributed by atoms with van der Waals surface area (Å²) in [7, 11) is 0. The number of amides is 3. The van der Waals surface area contributed by atoms with Crippen LogP contribution in [0.2, 0.25) is 5.02 Å². The lowest BCUT2D eigenvalue weighted by molar-refractivity contribution is -0.116. The second-order valence-electron chi connectivity index (χ2n) is 6.84. The van der Waals surface area contributed by atoms with Crippen molar-refractivity contribution in [3.05, 3.63) is 53.6 Å². The molecular weight excluding hydrogens is 376 g/mol. The number of benzene rings is 2. The predicted molar refractivity (Wildman–Crippen MR) is 114 cm³/mol. The number of hydrogen-bond acceptors (Lipinski definition) is 3. The van der Waals surface area contributed by atoms with Gasteiger partial charge >= 0.3 is 6.03 Å². The van der Waals surface area contributed by atoms with Crippen molar-refractivity contribution in [2.75, 3.05) is 35.6 Å². The van der Waals surface area contributed by atoms with Crippen molar-refractivity contribution in [3.8, 4) is 0 Å². The van der Waals surface area contributed by atoms with Gasteiger partial charge in [-0.15, -0.1) is 0 Å². The van der Waals surface area contributed by atoms with E-state index in [4.69, 9.17) is 11.6 Å². The van der Waals surface area contributed by atoms with Gasteiger partial charge in [-0.05, 0) is 56.3 Å². The van der Waals surface area contributed by atoms with E-state index < -0.39 is 6.03 Å². The van der Waals surface area contributed by atoms with E-state index in [0.29, 0.717) is 28.5 Å². The number of carbonyl (C=O) groups is 2. The van der Waals surface area contributed by atoms with Gasteiger partial charge in [0, 0.05) is 24.3 Å². The molecule has 3 amide bonds. The van der Waals surface area contributed by atoms with E-state index in [9.17, 15) is 9.59 Å². The lowest BCUT2D eigenvalue weighted by Crippen LogP contribution is -2.32. The van der Waals surface area contributed by atoms with Crippen LogP contribution in [-0.2, 0) is 4.79 Å². The Kier molecular flexibility index (Phi) is 7.28. The van der Waals surface area contributed by atoms with Crippen LogP contribution in [0.3, 0.4) is 0 Å². The number of carbonyl (C=O) groups excluding carboxylic acids is 2. The predicted octanol–water partition coefficient (Wildman–Crippen LogP) is 4.80. The van der Waals surface area contributed by atoms with Gasteiger partial charge < -0.3 is 20.9 Å². The molecule has 1 aliphatic heterocycles. The molecule has 3 N–H and O–H groups in total. The van der Waals surface area contributed by atoms with Crippen LogP contribution in [0, 0.1) is 0 Å². The van der Waals surface area contributed by atoms with Crippen molar-refractivity contribution in [3.63, 3.8) is 0 Å². The van der Waals surface area contributed by atoms with E-state index >= 15 is 0 Å². The fourth-order valence-electron chi connectivity index (χ4n) is 3.19. The number of hydrogen-bond donors (Lipinski definition) is 3. The Morgan fingerprint density at radius 3 is 2.36 bits per heavy atom. The Hall–Kier alpha value is -2.57. The number of likely N-dealkylation sites (tertiary alicyclic amines) is 1. The van der Waals surface area contributed by atoms with Crippen molar-refractivity contribution in [2.45, 2.75) is 25.7 Å². The SMILES string of the molecule is O=C(CCN1CCCCC1)Nc1cccc(NC(=O)Nc2ccccc2Cl)c1. The standard InChI is InChI=1S/C21H25ClN4O2/c22-18-9-2-3-10-19(18)25-21(28)24-17-8-6-7-16(15-17)23-20(27)11-14-26-12-4-1-5-13-26/h2-3,6-10,15H,1,4-5,11-14H2,(H,23,27)(H2,24,25,28). The number of urea groups is 1. The lowest BCUT2D eigenvalue weighted by atomic mass is 10.1. The molecule has 0 aromatic heterocycles. The smallest absolute Gasteiger partial charge is 0.323 e. The first kappa shape index (κ1) is 20.2. The summed E-state index contributed by atoms with van der Waals surface area (Å²) >= 11 is 6.05. The highest BCUT2D eigenvalue weighted by Gasteiger charge is 2.12. The average Bonchev–Trinajstić information content (AvgIpc) is 2.69. The van der Waals surface area contributed by atoms with Gasteiger partial charge in [-0.1, -0.05) is 36.2 Å². The summed E-state index contributed by atoms with van der Waals surface area (Å²) < 4.78 is 0. The summed E-state index contributed by atoms with van der Waals surface area (Å²) in [4.78, 5) is 26.7. The maximum absolute atomic E-state index is 12.2. The van der Waals surface area contributed by atoms with Crippen LogP contribution in [0.25, 0.3) is 0 Å². The van der Waals surface area contributed by atoms with Gasteiger partial charge in [0.1, 0.15) is 0 Å². The lowest BCUT2D eigenvalue weighted by Gasteiger charge is -2.25. The molecule has 1 saturated heterocycles. The zero-order chi connectivity index (χ0) is 19.8. The minimum absolute atomic E-state index is 0.0248. The summed E-state index contributed by atoms with van der Waals surface area (Å²) in [5.41, 5.74) is 1.77. The first-order valence-electron chi connectivity index (χ1n) is 9.55. The third kappa shape index (κ3) is 6.25. The number of nitrogens with zero attached hydrogens (tertiary/aromatic N) is 1. The van der Waals surface area contributed by atoms with Crippen molar-refractivity contribution in [2.24, 2.45) is 0 Å². The summed E-state index contributed by atoms with van der Waals surface area (Å²) in [6.07, 6.45) is 4.17. The Morgan fingerprint density at radius 1 is 0.893 bits per heavy atom. The van der Waals surface area contributed by atoms with Crippen LogP contribution in [0.5, 0.6) is 0 Å². The van der Waals surface area contributed by atoms with Crippen molar-refractivity contribution in [1.29, 1.82) is 0 Å². The van der Waals surface area contributed by atoms with E-state index in [0.717, 1.165) is 19.6 Å². The van der Waals surface area contributed by atoms with Crippen LogP contribution in [0.15, 0.2) is 48.5 Å². The molecule has 0 atom stereocenters. The summed E-state index contributed by atoms with van der Waals surface area (Å²) in [5.74, 6) is -0.0248. The topological polar surface area (TPSA) is 73.5 Å². The Morgan fingerprint density at radius 2 is 1.61 bits per heavy atom. The molecule has 0 spiro atoms. The number of anilines is 3. The van der Waals surface area contributed by atoms with Crippen LogP contribution in [0.1, 0.15) is 25.7 Å². The molecule has 6 nitrogen and oxygen atoms in total. The molecular formula is C21H25ClN4O2. The van der Waals surface area contributed by atoms with E-state index in [1.165, 1.54) is 19.3 Å². The zero-order valence-corrected chi connectivity index (χ0v) is 16.5. The highest BCUT2D eigenvalue weighted by Crippen LogP contribution is 2.21. The minimum Gasteiger partial charge on any atom is -0.326 e. The number of para-hydroxylation sites is 1. The Balaban J connectivity index is 1.49. The molecule has 0 unspecified atom stereocenters. The van der Waals surface area contributed by atoms with Gasteiger partial charge in [-0.3, -0.25) is 4.79 Å². The molecule has 0 bridgehead atoms. The monoisotopic (exact) mass is 400 g/mol. The summed E-state index contributed by atoms with van der Waals surface area (Å²) in [6.45, 7) is 2.93. The van der Waals surface area contributed by atoms with Crippen molar-refractivity contribution in [1.82, 2.24) is 4.90 Å². The molecule has 28 heavy (non-hydrogen) atoms. The molecule has 0 radical (unpaired) electrons. The summed E-state index contributed by atoms with van der Waals surface area (Å²) in [6, 6.07) is 13.7. The second kappa shape index (κ2) is 10.1. The quantitative estimate of drug-likeness (QED) is 0.652. The molecule has 0 saturated carbocycles. The fourth-order valence-corrected chi connectivity index (χ4v) is 3.37. The molecule has 1 heterocycles. The number of nitrogens with one attached hydrogen (secondary N) is 3. The van der Waals surface area contributed by atoms with Crippen LogP contribution in [-0.4, -0.2) is 36.5 Å². The van der Waals surface area contributed by atoms with Crippen molar-refractivity contribution < 1.29 is 9.59 Å². The number of rotatable bonds is 6. The number of piperidine rings is 1. The molecule has 3 rings (SSSR count). The molecule has 1 fully saturated rings. The largest absolute Gasteiger partial charge is 0.326 e. The molecule has 7 heteroatoms. The van der Waals surface area contributed by atoms with Crippen LogP contribution in [0.4, 0.5) is 21.9 Å². The third-order valence-electron chi connectivity index (χ3n) is 4.63. The minimum atomic E-state index is -0.401. The first-order valence-corrected chi connectivity index (χ1v) is 9.93. The second-order valence-corrected chi connectivity index (χ2v) is 7.25. The third-order valence-corrected chi connectivity index (χ3v) is 4.96. The molecule has 148 valence electrons. The zero-order valence-electron chi connectivity index (χ0n) is 15.7. The van der Waals surface area contributed by atoms with E-state index in [-0.39, 0.29) is 5.91 Å². The van der Waals surface area contributed by atoms with Crippen molar-refractivity contribution >= 4 is 40.6 Å². The Labute approximate surface area is 170 Å². The molecule has 1 aliphatic rings. The van der Waals surface area contributed by atoms with E-state index in [1.54, 1.807) is 48.5 Å². The maximum atomic E-state index is 12.2. The van der Waals surface area contributed by atoms with E-state index in [2.05, 4.69) is 20.9 Å². The van der Waals surface area contributed by atoms with Crippen LogP contribution >= 0.6 is 11.6 Å². The van der Waals surface area contributed by atoms with Crippen LogP contribution < -0.4 is 16.0 Å². The first-order chi connectivity index (χ1) is 13.6. The normalized spacial score (nSPS) is 14.3. The van der Waals surface area contributed by atoms with Gasteiger partial charge in [-0.25, -0.2) is 4.79 Å². The van der Waals surface area contributed by atoms with E-state index in [1.807, 2.05) is 0 Å². The fraction of sp³-hybridized carbons (Fsp3) is 0.333. The Bertz CT molecular complexity index is 822. The van der Waals surface area contributed by atoms with Gasteiger partial charge in [-0.2, -0.15) is 0 Å². The molecule has 2 aromatic rings. The highest BCUT2D eigenvalue weighted by atomic mass is 35.5. The summed E-state index contributed by atoms with van der Waals surface area (Å²) in [5, 5.41) is 8.81.